The predicted molar refractivity (Wildman–Crippen MR) is 303 cm³/mol. The number of ether oxygens (including phenoxy) is 10. The molecule has 8 fully saturated rings. The zero-order valence-electron chi connectivity index (χ0n) is 52.0. The maximum Gasteiger partial charge on any atom is 0.217 e. The van der Waals surface area contributed by atoms with E-state index in [2.05, 4.69) is 58.3 Å². The first-order valence-electron chi connectivity index (χ1n) is 31.2. The van der Waals surface area contributed by atoms with Gasteiger partial charge in [-0.1, -0.05) is 58.8 Å². The lowest BCUT2D eigenvalue weighted by molar-refractivity contribution is -0.412. The fraction of sp³-hybridized carbons (Fsp3) is 0.885. The molecule has 0 radical (unpaired) electrons. The van der Waals surface area contributed by atoms with Crippen LogP contribution in [0.5, 0.6) is 0 Å². The summed E-state index contributed by atoms with van der Waals surface area (Å²) < 4.78 is 61.7. The molecule has 5 saturated heterocycles. The second kappa shape index (κ2) is 27.3. The molecule has 27 heteroatoms. The molecule has 5 aliphatic heterocycles. The molecule has 31 unspecified atom stereocenters. The summed E-state index contributed by atoms with van der Waals surface area (Å²) in [7, 11) is 0. The second-order valence-corrected chi connectivity index (χ2v) is 28.0. The van der Waals surface area contributed by atoms with Crippen molar-refractivity contribution in [1.82, 2.24) is 10.6 Å². The Hall–Kier alpha value is -2.79. The van der Waals surface area contributed by atoms with Gasteiger partial charge in [0.25, 0.3) is 0 Å². The van der Waals surface area contributed by atoms with Crippen LogP contribution in [0.15, 0.2) is 23.3 Å². The van der Waals surface area contributed by atoms with Gasteiger partial charge in [-0.25, -0.2) is 0 Å². The van der Waals surface area contributed by atoms with Gasteiger partial charge in [0.2, 0.25) is 11.8 Å². The Kier molecular flexibility index (Phi) is 21.6. The number of aliphatic hydroxyl groups is 12. The molecule has 14 N–H and O–H groups in total. The van der Waals surface area contributed by atoms with Crippen molar-refractivity contribution in [3.05, 3.63) is 23.3 Å². The number of aliphatic hydroxyl groups excluding tert-OH is 12. The van der Waals surface area contributed by atoms with Crippen molar-refractivity contribution >= 4 is 17.6 Å². The second-order valence-electron chi connectivity index (χ2n) is 28.0. The van der Waals surface area contributed by atoms with E-state index in [4.69, 9.17) is 47.4 Å². The van der Waals surface area contributed by atoms with Crippen LogP contribution in [-0.2, 0) is 61.8 Å². The highest BCUT2D eigenvalue weighted by atomic mass is 16.8. The molecule has 5 heterocycles. The van der Waals surface area contributed by atoms with Gasteiger partial charge in [-0.2, -0.15) is 0 Å². The molecule has 0 aromatic carbocycles. The first-order chi connectivity index (χ1) is 41.3. The van der Waals surface area contributed by atoms with E-state index in [9.17, 15) is 75.7 Å². The largest absolute Gasteiger partial charge is 0.394 e. The zero-order valence-corrected chi connectivity index (χ0v) is 52.0. The van der Waals surface area contributed by atoms with Crippen LogP contribution in [0, 0.1) is 45.3 Å². The molecule has 0 spiro atoms. The van der Waals surface area contributed by atoms with Crippen molar-refractivity contribution in [3.8, 4) is 0 Å². The highest BCUT2D eigenvalue weighted by Gasteiger charge is 2.66. The van der Waals surface area contributed by atoms with E-state index < -0.39 is 191 Å². The van der Waals surface area contributed by atoms with Crippen molar-refractivity contribution in [3.63, 3.8) is 0 Å². The summed E-state index contributed by atoms with van der Waals surface area (Å²) in [5.74, 6) is -0.207. The van der Waals surface area contributed by atoms with Gasteiger partial charge < -0.3 is 119 Å². The Morgan fingerprint density at radius 3 is 1.76 bits per heavy atom. The molecule has 2 amide bonds. The number of fused-ring (bicyclic) bond motifs is 5. The zero-order chi connectivity index (χ0) is 64.4. The van der Waals surface area contributed by atoms with E-state index in [0.717, 1.165) is 57.9 Å². The number of ketones is 1. The summed E-state index contributed by atoms with van der Waals surface area (Å²) >= 11 is 0. The predicted octanol–water partition coefficient (Wildman–Crippen LogP) is -1.84. The number of hydrogen-bond acceptors (Lipinski definition) is 25. The van der Waals surface area contributed by atoms with Crippen molar-refractivity contribution in [2.75, 3.05) is 26.4 Å². The first-order valence-corrected chi connectivity index (χ1v) is 31.2. The molecule has 27 nitrogen and oxygen atoms in total. The molecule has 31 atom stereocenters. The fourth-order valence-electron chi connectivity index (χ4n) is 16.9. The van der Waals surface area contributed by atoms with Gasteiger partial charge in [0.05, 0.1) is 32.5 Å². The molecule has 9 rings (SSSR count). The third-order valence-electron chi connectivity index (χ3n) is 21.8. The molecule has 0 aromatic rings. The minimum Gasteiger partial charge on any atom is -0.394 e. The summed E-state index contributed by atoms with van der Waals surface area (Å²) in [6.07, 6.45) is -27.0. The van der Waals surface area contributed by atoms with Crippen LogP contribution in [0.3, 0.4) is 0 Å². The minimum absolute atomic E-state index is 0.00130. The molecule has 9 aliphatic rings. The first kappa shape index (κ1) is 69.5. The summed E-state index contributed by atoms with van der Waals surface area (Å²) in [5.41, 5.74) is 1.63. The summed E-state index contributed by atoms with van der Waals surface area (Å²) in [6, 6.07) is -3.11. The third kappa shape index (κ3) is 13.1. The Labute approximate surface area is 512 Å². The molecular weight excluding hydrogens is 1160 g/mol. The number of amides is 2. The normalized spacial score (nSPS) is 48.8. The van der Waals surface area contributed by atoms with Gasteiger partial charge in [-0.05, 0) is 110 Å². The van der Waals surface area contributed by atoms with Gasteiger partial charge in [-0.3, -0.25) is 14.4 Å². The SMILES string of the molecule is CC(=O)NC1C(OC2COC(OC3CCC4(C)C5=CCC6(C)C(C(C)CC(=O)C=C(C)C)CCC6(C)C5CCC4C3(C)C)C(OC3OC(OC4OCC(O)C(O)C4OC4OC(CO)C(O)C(O)C4O)C(O)C(O)C3NC(C)=O)C2O)OC(CO)C(O)C1O. The quantitative estimate of drug-likeness (QED) is 0.0407. The molecule has 0 bridgehead atoms. The van der Waals surface area contributed by atoms with Crippen molar-refractivity contribution in [2.24, 2.45) is 45.3 Å². The summed E-state index contributed by atoms with van der Waals surface area (Å²) in [5, 5.41) is 137. The van der Waals surface area contributed by atoms with Crippen LogP contribution >= 0.6 is 0 Å². The topological polar surface area (TPSA) is 410 Å². The van der Waals surface area contributed by atoms with E-state index in [1.807, 2.05) is 13.8 Å². The molecule has 502 valence electrons. The lowest BCUT2D eigenvalue weighted by Gasteiger charge is -2.64. The Morgan fingerprint density at radius 1 is 0.591 bits per heavy atom. The van der Waals surface area contributed by atoms with Gasteiger partial charge in [0.1, 0.15) is 104 Å². The van der Waals surface area contributed by atoms with Crippen molar-refractivity contribution < 1.29 is 123 Å². The summed E-state index contributed by atoms with van der Waals surface area (Å²) in [6.45, 7) is 17.3. The number of carbonyl (C=O) groups excluding carboxylic acids is 3. The van der Waals surface area contributed by atoms with Gasteiger partial charge in [-0.15, -0.1) is 0 Å². The number of rotatable bonds is 18. The van der Waals surface area contributed by atoms with E-state index in [1.54, 1.807) is 6.08 Å². The number of hydrogen-bond donors (Lipinski definition) is 14. The Bertz CT molecular complexity index is 2500. The maximum atomic E-state index is 13.1. The third-order valence-corrected chi connectivity index (χ3v) is 21.8. The average Bonchev–Trinajstić information content (AvgIpc) is 1.60. The van der Waals surface area contributed by atoms with Gasteiger partial charge in [0, 0.05) is 20.3 Å². The Balaban J connectivity index is 0.997. The van der Waals surface area contributed by atoms with Crippen molar-refractivity contribution in [2.45, 2.75) is 268 Å². The molecular formula is C61H98N2O25. The lowest BCUT2D eigenvalue weighted by atomic mass is 9.41. The van der Waals surface area contributed by atoms with E-state index in [0.29, 0.717) is 24.7 Å². The molecule has 0 aromatic heterocycles. The van der Waals surface area contributed by atoms with E-state index in [-0.39, 0.29) is 33.9 Å². The fourth-order valence-corrected chi connectivity index (χ4v) is 16.9. The summed E-state index contributed by atoms with van der Waals surface area (Å²) in [4.78, 5) is 38.5. The number of carbonyl (C=O) groups is 3. The standard InChI is InChI=1S/C61H98N2O25/c1-25(2)19-29(68)20-26(3)30-13-17-61(10)32-11-12-37-58(6,7)38(15-16-59(37,8)31(32)14-18-60(30,61)9)84-56-51(44(73)36(24-80-56)83-52-39(62-27(4)66)45(74)42(71)34(21-64)81-52)85-53-40(63-28(5)67)46(75)48(77)55(87-53)88-57-50(41(70)33(69)23-79-57)86-54-49(78)47(76)43(72)35(22-65)82-54/h14,19,26,30,32-57,64-65,69-78H,11-13,15-18,20-24H2,1-10H3,(H,62,66)(H,63,67). The van der Waals surface area contributed by atoms with Crippen LogP contribution in [0.25, 0.3) is 0 Å². The van der Waals surface area contributed by atoms with Crippen LogP contribution < -0.4 is 10.6 Å². The van der Waals surface area contributed by atoms with Crippen molar-refractivity contribution in [1.29, 1.82) is 0 Å². The minimum atomic E-state index is -2.08. The van der Waals surface area contributed by atoms with E-state index >= 15 is 0 Å². The van der Waals surface area contributed by atoms with Crippen LogP contribution in [0.2, 0.25) is 0 Å². The smallest absolute Gasteiger partial charge is 0.217 e. The molecule has 4 aliphatic carbocycles. The number of nitrogens with one attached hydrogen (secondary N) is 2. The van der Waals surface area contributed by atoms with Gasteiger partial charge in [0.15, 0.2) is 43.5 Å². The van der Waals surface area contributed by atoms with Gasteiger partial charge >= 0.3 is 0 Å². The van der Waals surface area contributed by atoms with Crippen LogP contribution in [0.4, 0.5) is 0 Å². The van der Waals surface area contributed by atoms with Crippen LogP contribution in [-0.4, -0.2) is 253 Å². The lowest BCUT2D eigenvalue weighted by Crippen LogP contribution is -2.69. The average molecular weight is 1260 g/mol. The van der Waals surface area contributed by atoms with Crippen LogP contribution in [0.1, 0.15) is 121 Å². The monoisotopic (exact) mass is 1260 g/mol. The highest BCUT2D eigenvalue weighted by molar-refractivity contribution is 5.90. The Morgan fingerprint density at radius 2 is 1.14 bits per heavy atom. The highest BCUT2D eigenvalue weighted by Crippen LogP contribution is 2.73. The van der Waals surface area contributed by atoms with E-state index in [1.165, 1.54) is 5.57 Å². The molecule has 88 heavy (non-hydrogen) atoms. The molecule has 3 saturated carbocycles. The number of allylic oxidation sites excluding steroid dienone is 4. The maximum absolute atomic E-state index is 13.1.